The van der Waals surface area contributed by atoms with E-state index >= 15 is 0 Å². The van der Waals surface area contributed by atoms with Crippen molar-refractivity contribution in [3.8, 4) is 0 Å². The van der Waals surface area contributed by atoms with Crippen LogP contribution < -0.4 is 11.1 Å². The van der Waals surface area contributed by atoms with Gasteiger partial charge in [-0.25, -0.2) is 0 Å². The molecule has 0 bridgehead atoms. The molecule has 2 rings (SSSR count). The third-order valence-electron chi connectivity index (χ3n) is 2.42. The molecule has 9 heteroatoms. The van der Waals surface area contributed by atoms with E-state index in [0.29, 0.717) is 0 Å². The van der Waals surface area contributed by atoms with E-state index < -0.39 is 11.7 Å². The van der Waals surface area contributed by atoms with E-state index in [1.165, 1.54) is 19.1 Å². The van der Waals surface area contributed by atoms with Crippen LogP contribution in [0.15, 0.2) is 18.2 Å². The number of nitrogens with one attached hydrogen (secondary N) is 1. The third-order valence-corrected chi connectivity index (χ3v) is 2.59. The summed E-state index contributed by atoms with van der Waals surface area (Å²) in [7, 11) is 0. The standard InChI is InChI=1S/C11H9ClF3N5/c1-5-2-3-6(4-7(5)11(13,14)15)17-10-19-8(12)18-9(16)20-10/h2-4H,1H3,(H3,16,17,18,19,20). The van der Waals surface area contributed by atoms with Crippen LogP contribution in [0.25, 0.3) is 0 Å². The zero-order chi connectivity index (χ0) is 14.9. The van der Waals surface area contributed by atoms with Gasteiger partial charge in [0.1, 0.15) is 0 Å². The number of nitrogens with zero attached hydrogens (tertiary/aromatic N) is 3. The van der Waals surface area contributed by atoms with Crippen molar-refractivity contribution < 1.29 is 13.2 Å². The summed E-state index contributed by atoms with van der Waals surface area (Å²) in [4.78, 5) is 11.0. The Labute approximate surface area is 117 Å². The van der Waals surface area contributed by atoms with Gasteiger partial charge >= 0.3 is 6.18 Å². The second kappa shape index (κ2) is 5.12. The number of anilines is 3. The Hall–Kier alpha value is -2.09. The third kappa shape index (κ3) is 3.27. The Balaban J connectivity index is 2.35. The summed E-state index contributed by atoms with van der Waals surface area (Å²) in [5.41, 5.74) is 4.92. The van der Waals surface area contributed by atoms with Crippen molar-refractivity contribution in [3.63, 3.8) is 0 Å². The minimum Gasteiger partial charge on any atom is -0.368 e. The molecule has 0 radical (unpaired) electrons. The van der Waals surface area contributed by atoms with Crippen LogP contribution in [0.3, 0.4) is 0 Å². The predicted octanol–water partition coefficient (Wildman–Crippen LogP) is 3.18. The summed E-state index contributed by atoms with van der Waals surface area (Å²) < 4.78 is 38.4. The molecule has 1 heterocycles. The van der Waals surface area contributed by atoms with E-state index in [1.54, 1.807) is 0 Å². The fourth-order valence-corrected chi connectivity index (χ4v) is 1.72. The van der Waals surface area contributed by atoms with Crippen molar-refractivity contribution in [2.45, 2.75) is 13.1 Å². The minimum absolute atomic E-state index is 0.0283. The number of rotatable bonds is 2. The van der Waals surface area contributed by atoms with Gasteiger partial charge in [-0.2, -0.15) is 28.1 Å². The highest BCUT2D eigenvalue weighted by Crippen LogP contribution is 2.33. The smallest absolute Gasteiger partial charge is 0.368 e. The lowest BCUT2D eigenvalue weighted by Gasteiger charge is -2.12. The molecule has 0 aliphatic carbocycles. The van der Waals surface area contributed by atoms with Gasteiger partial charge in [-0.1, -0.05) is 6.07 Å². The highest BCUT2D eigenvalue weighted by Gasteiger charge is 2.32. The van der Waals surface area contributed by atoms with Crippen LogP contribution in [0.4, 0.5) is 30.8 Å². The van der Waals surface area contributed by atoms with Crippen LogP contribution in [-0.4, -0.2) is 15.0 Å². The number of hydrogen-bond acceptors (Lipinski definition) is 5. The monoisotopic (exact) mass is 303 g/mol. The summed E-state index contributed by atoms with van der Waals surface area (Å²) in [5, 5.41) is 2.45. The molecule has 106 valence electrons. The molecule has 0 amide bonds. The zero-order valence-electron chi connectivity index (χ0n) is 10.2. The zero-order valence-corrected chi connectivity index (χ0v) is 10.9. The molecule has 0 aliphatic heterocycles. The van der Waals surface area contributed by atoms with Crippen molar-refractivity contribution in [2.75, 3.05) is 11.1 Å². The number of hydrogen-bond donors (Lipinski definition) is 2. The highest BCUT2D eigenvalue weighted by atomic mass is 35.5. The lowest BCUT2D eigenvalue weighted by atomic mass is 10.1. The lowest BCUT2D eigenvalue weighted by molar-refractivity contribution is -0.138. The van der Waals surface area contributed by atoms with E-state index in [2.05, 4.69) is 20.3 Å². The molecule has 0 unspecified atom stereocenters. The number of nitrogens with two attached hydrogens (primary N) is 1. The molecule has 1 aromatic carbocycles. The first kappa shape index (κ1) is 14.3. The largest absolute Gasteiger partial charge is 0.416 e. The molecule has 3 N–H and O–H groups in total. The van der Waals surface area contributed by atoms with Gasteiger partial charge < -0.3 is 11.1 Å². The SMILES string of the molecule is Cc1ccc(Nc2nc(N)nc(Cl)n2)cc1C(F)(F)F. The average Bonchev–Trinajstić information content (AvgIpc) is 2.29. The molecular weight excluding hydrogens is 295 g/mol. The highest BCUT2D eigenvalue weighted by molar-refractivity contribution is 6.28. The van der Waals surface area contributed by atoms with Gasteiger partial charge in [0.25, 0.3) is 0 Å². The molecule has 20 heavy (non-hydrogen) atoms. The van der Waals surface area contributed by atoms with E-state index in [1.807, 2.05) is 0 Å². The molecule has 0 spiro atoms. The van der Waals surface area contributed by atoms with Gasteiger partial charge in [-0.3, -0.25) is 0 Å². The van der Waals surface area contributed by atoms with E-state index in [9.17, 15) is 13.2 Å². The van der Waals surface area contributed by atoms with Crippen LogP contribution in [0, 0.1) is 6.92 Å². The van der Waals surface area contributed by atoms with Gasteiger partial charge in [0.2, 0.25) is 17.2 Å². The number of alkyl halides is 3. The van der Waals surface area contributed by atoms with Crippen molar-refractivity contribution in [1.82, 2.24) is 15.0 Å². The molecule has 2 aromatic rings. The fourth-order valence-electron chi connectivity index (χ4n) is 1.56. The summed E-state index contributed by atoms with van der Waals surface area (Å²) in [6, 6.07) is 3.78. The van der Waals surface area contributed by atoms with Crippen LogP contribution in [-0.2, 0) is 6.18 Å². The Morgan fingerprint density at radius 2 is 1.90 bits per heavy atom. The quantitative estimate of drug-likeness (QED) is 0.891. The molecule has 0 saturated heterocycles. The van der Waals surface area contributed by atoms with Gasteiger partial charge in [0, 0.05) is 5.69 Å². The second-order valence-electron chi connectivity index (χ2n) is 3.94. The fraction of sp³-hybridized carbons (Fsp3) is 0.182. The number of aryl methyl sites for hydroxylation is 1. The molecule has 0 saturated carbocycles. The van der Waals surface area contributed by atoms with Crippen LogP contribution in [0.1, 0.15) is 11.1 Å². The first-order valence-corrected chi connectivity index (χ1v) is 5.75. The minimum atomic E-state index is -4.43. The van der Waals surface area contributed by atoms with Crippen molar-refractivity contribution in [1.29, 1.82) is 0 Å². The van der Waals surface area contributed by atoms with Gasteiger partial charge in [-0.05, 0) is 36.2 Å². The summed E-state index contributed by atoms with van der Waals surface area (Å²) in [6.45, 7) is 1.38. The average molecular weight is 304 g/mol. The molecule has 0 fully saturated rings. The Bertz CT molecular complexity index is 624. The number of aromatic nitrogens is 3. The topological polar surface area (TPSA) is 76.7 Å². The maximum Gasteiger partial charge on any atom is 0.416 e. The Kier molecular flexibility index (Phi) is 3.67. The molecule has 5 nitrogen and oxygen atoms in total. The maximum atomic E-state index is 12.8. The van der Waals surface area contributed by atoms with E-state index in [4.69, 9.17) is 17.3 Å². The predicted molar refractivity (Wildman–Crippen MR) is 68.7 cm³/mol. The van der Waals surface area contributed by atoms with Crippen LogP contribution >= 0.6 is 11.6 Å². The van der Waals surface area contributed by atoms with Gasteiger partial charge in [0.15, 0.2) is 0 Å². The molecule has 0 atom stereocenters. The number of halogens is 4. The number of benzene rings is 1. The number of nitrogen functional groups attached to an aromatic ring is 1. The van der Waals surface area contributed by atoms with Crippen LogP contribution in [0.5, 0.6) is 0 Å². The molecule has 1 aromatic heterocycles. The van der Waals surface area contributed by atoms with Crippen molar-refractivity contribution >= 4 is 29.2 Å². The van der Waals surface area contributed by atoms with Gasteiger partial charge in [-0.15, -0.1) is 0 Å². The second-order valence-corrected chi connectivity index (χ2v) is 4.28. The Morgan fingerprint density at radius 3 is 2.50 bits per heavy atom. The normalized spacial score (nSPS) is 11.4. The maximum absolute atomic E-state index is 12.8. The lowest BCUT2D eigenvalue weighted by Crippen LogP contribution is -2.09. The molecular formula is C11H9ClF3N5. The summed E-state index contributed by atoms with van der Waals surface area (Å²) in [5.74, 6) is -0.157. The summed E-state index contributed by atoms with van der Waals surface area (Å²) >= 11 is 5.58. The first-order chi connectivity index (χ1) is 9.25. The van der Waals surface area contributed by atoms with E-state index in [-0.39, 0.29) is 28.4 Å². The summed E-state index contributed by atoms with van der Waals surface area (Å²) in [6.07, 6.45) is -4.43. The van der Waals surface area contributed by atoms with Crippen molar-refractivity contribution in [2.24, 2.45) is 0 Å². The van der Waals surface area contributed by atoms with Gasteiger partial charge in [0.05, 0.1) is 5.56 Å². The first-order valence-electron chi connectivity index (χ1n) is 5.37. The van der Waals surface area contributed by atoms with Crippen molar-refractivity contribution in [3.05, 3.63) is 34.6 Å². The molecule has 0 aliphatic rings. The Morgan fingerprint density at radius 1 is 1.20 bits per heavy atom. The van der Waals surface area contributed by atoms with E-state index in [0.717, 1.165) is 6.07 Å². The van der Waals surface area contributed by atoms with Crippen LogP contribution in [0.2, 0.25) is 5.28 Å².